The van der Waals surface area contributed by atoms with E-state index in [1.165, 1.54) is 6.20 Å². The Labute approximate surface area is 147 Å². The van der Waals surface area contributed by atoms with Gasteiger partial charge in [-0.25, -0.2) is 9.78 Å². The van der Waals surface area contributed by atoms with Gasteiger partial charge in [0.05, 0.1) is 22.8 Å². The van der Waals surface area contributed by atoms with E-state index in [4.69, 9.17) is 0 Å². The second kappa shape index (κ2) is 6.31. The summed E-state index contributed by atoms with van der Waals surface area (Å²) in [5, 5.41) is 0. The molecule has 0 spiro atoms. The van der Waals surface area contributed by atoms with Crippen molar-refractivity contribution in [2.24, 2.45) is 0 Å². The SMILES string of the molecule is CN(C)C(=O)N1CCN(C(=O)c2cnc3ccccc3n2)C(C)(C)C1. The molecule has 1 fully saturated rings. The first-order valence-corrected chi connectivity index (χ1v) is 8.29. The normalized spacial score (nSPS) is 16.8. The molecule has 3 rings (SSSR count). The van der Waals surface area contributed by atoms with Crippen molar-refractivity contribution in [1.82, 2.24) is 24.7 Å². The largest absolute Gasteiger partial charge is 0.331 e. The third-order valence-electron chi connectivity index (χ3n) is 4.47. The molecule has 132 valence electrons. The monoisotopic (exact) mass is 341 g/mol. The molecule has 0 atom stereocenters. The summed E-state index contributed by atoms with van der Waals surface area (Å²) in [6.07, 6.45) is 1.53. The Morgan fingerprint density at radius 2 is 1.80 bits per heavy atom. The molecule has 1 saturated heterocycles. The predicted octanol–water partition coefficient (Wildman–Crippen LogP) is 1.85. The molecule has 0 radical (unpaired) electrons. The van der Waals surface area contributed by atoms with Crippen LogP contribution in [0.25, 0.3) is 11.0 Å². The van der Waals surface area contributed by atoms with Gasteiger partial charge in [0, 0.05) is 33.7 Å². The Bertz CT molecular complexity index is 818. The van der Waals surface area contributed by atoms with Gasteiger partial charge in [0.25, 0.3) is 5.91 Å². The van der Waals surface area contributed by atoms with Crippen molar-refractivity contribution >= 4 is 23.0 Å². The van der Waals surface area contributed by atoms with Gasteiger partial charge in [-0.3, -0.25) is 9.78 Å². The number of nitrogens with zero attached hydrogens (tertiary/aromatic N) is 5. The fourth-order valence-corrected chi connectivity index (χ4v) is 3.18. The van der Waals surface area contributed by atoms with Crippen LogP contribution in [0.4, 0.5) is 4.79 Å². The molecule has 3 amide bonds. The highest BCUT2D eigenvalue weighted by Gasteiger charge is 2.39. The smallest absolute Gasteiger partial charge is 0.319 e. The molecular formula is C18H23N5O2. The summed E-state index contributed by atoms with van der Waals surface area (Å²) in [6, 6.07) is 7.44. The van der Waals surface area contributed by atoms with E-state index in [0.29, 0.717) is 30.8 Å². The topological polar surface area (TPSA) is 69.6 Å². The Kier molecular flexibility index (Phi) is 4.32. The zero-order valence-corrected chi connectivity index (χ0v) is 15.1. The summed E-state index contributed by atoms with van der Waals surface area (Å²) in [5.74, 6) is -0.153. The molecule has 0 bridgehead atoms. The first-order valence-electron chi connectivity index (χ1n) is 8.29. The summed E-state index contributed by atoms with van der Waals surface area (Å²) in [7, 11) is 3.47. The van der Waals surface area contributed by atoms with E-state index >= 15 is 0 Å². The van der Waals surface area contributed by atoms with Crippen molar-refractivity contribution < 1.29 is 9.59 Å². The van der Waals surface area contributed by atoms with Gasteiger partial charge in [-0.1, -0.05) is 12.1 Å². The minimum Gasteiger partial charge on any atom is -0.331 e. The molecule has 1 aliphatic heterocycles. The highest BCUT2D eigenvalue weighted by molar-refractivity contribution is 5.94. The lowest BCUT2D eigenvalue weighted by molar-refractivity contribution is 0.0236. The second-order valence-electron chi connectivity index (χ2n) is 7.11. The quantitative estimate of drug-likeness (QED) is 0.794. The number of urea groups is 1. The Balaban J connectivity index is 1.83. The van der Waals surface area contributed by atoms with Gasteiger partial charge in [0.2, 0.25) is 0 Å². The van der Waals surface area contributed by atoms with Crippen LogP contribution < -0.4 is 0 Å². The average molecular weight is 341 g/mol. The van der Waals surface area contributed by atoms with Gasteiger partial charge in [-0.2, -0.15) is 0 Å². The van der Waals surface area contributed by atoms with Crippen molar-refractivity contribution in [3.8, 4) is 0 Å². The number of carbonyl (C=O) groups excluding carboxylic acids is 2. The molecule has 0 aliphatic carbocycles. The lowest BCUT2D eigenvalue weighted by Gasteiger charge is -2.47. The number of para-hydroxylation sites is 2. The number of hydrogen-bond acceptors (Lipinski definition) is 4. The van der Waals surface area contributed by atoms with E-state index in [9.17, 15) is 9.59 Å². The van der Waals surface area contributed by atoms with Crippen molar-refractivity contribution in [2.45, 2.75) is 19.4 Å². The number of hydrogen-bond donors (Lipinski definition) is 0. The predicted molar refractivity (Wildman–Crippen MR) is 95.3 cm³/mol. The Hall–Kier alpha value is -2.70. The van der Waals surface area contributed by atoms with Gasteiger partial charge in [0.1, 0.15) is 5.69 Å². The first-order chi connectivity index (χ1) is 11.8. The summed E-state index contributed by atoms with van der Waals surface area (Å²) in [6.45, 7) is 5.40. The highest BCUT2D eigenvalue weighted by Crippen LogP contribution is 2.24. The molecule has 2 heterocycles. The number of aromatic nitrogens is 2. The maximum atomic E-state index is 13.0. The maximum absolute atomic E-state index is 13.0. The lowest BCUT2D eigenvalue weighted by atomic mass is 9.98. The van der Waals surface area contributed by atoms with E-state index in [0.717, 1.165) is 5.52 Å². The second-order valence-corrected chi connectivity index (χ2v) is 7.11. The van der Waals surface area contributed by atoms with Gasteiger partial charge < -0.3 is 14.7 Å². The molecule has 1 aromatic carbocycles. The van der Waals surface area contributed by atoms with Gasteiger partial charge in [-0.15, -0.1) is 0 Å². The standard InChI is InChI=1S/C18H23N5O2/c1-18(2)12-22(17(25)21(3)4)9-10-23(18)16(24)15-11-19-13-7-5-6-8-14(13)20-15/h5-8,11H,9-10,12H2,1-4H3. The first kappa shape index (κ1) is 17.1. The maximum Gasteiger partial charge on any atom is 0.319 e. The number of amides is 3. The van der Waals surface area contributed by atoms with Crippen LogP contribution in [0.1, 0.15) is 24.3 Å². The summed E-state index contributed by atoms with van der Waals surface area (Å²) in [4.78, 5) is 39.1. The zero-order chi connectivity index (χ0) is 18.2. The molecule has 1 aromatic heterocycles. The van der Waals surface area contributed by atoms with Crippen LogP contribution in [-0.4, -0.2) is 75.9 Å². The minimum absolute atomic E-state index is 0.0364. The van der Waals surface area contributed by atoms with Crippen molar-refractivity contribution in [3.63, 3.8) is 0 Å². The van der Waals surface area contributed by atoms with Crippen LogP contribution in [0.3, 0.4) is 0 Å². The third kappa shape index (κ3) is 3.26. The molecule has 7 heteroatoms. The van der Waals surface area contributed by atoms with E-state index in [-0.39, 0.29) is 11.9 Å². The van der Waals surface area contributed by atoms with E-state index in [1.807, 2.05) is 38.1 Å². The number of rotatable bonds is 1. The molecular weight excluding hydrogens is 318 g/mol. The van der Waals surface area contributed by atoms with Crippen LogP contribution in [0.2, 0.25) is 0 Å². The highest BCUT2D eigenvalue weighted by atomic mass is 16.2. The summed E-state index contributed by atoms with van der Waals surface area (Å²) >= 11 is 0. The Morgan fingerprint density at radius 1 is 1.12 bits per heavy atom. The fraction of sp³-hybridized carbons (Fsp3) is 0.444. The van der Waals surface area contributed by atoms with Crippen LogP contribution in [-0.2, 0) is 0 Å². The van der Waals surface area contributed by atoms with Gasteiger partial charge >= 0.3 is 6.03 Å². The number of fused-ring (bicyclic) bond motifs is 1. The van der Waals surface area contributed by atoms with Crippen LogP contribution in [0.5, 0.6) is 0 Å². The summed E-state index contributed by atoms with van der Waals surface area (Å²) in [5.41, 5.74) is 1.32. The van der Waals surface area contributed by atoms with Crippen molar-refractivity contribution in [1.29, 1.82) is 0 Å². The number of benzene rings is 1. The van der Waals surface area contributed by atoms with Gasteiger partial charge in [0.15, 0.2) is 0 Å². The average Bonchev–Trinajstić information content (AvgIpc) is 2.59. The molecule has 7 nitrogen and oxygen atoms in total. The van der Waals surface area contributed by atoms with E-state index < -0.39 is 5.54 Å². The summed E-state index contributed by atoms with van der Waals surface area (Å²) < 4.78 is 0. The minimum atomic E-state index is -0.478. The van der Waals surface area contributed by atoms with Crippen LogP contribution >= 0.6 is 0 Å². The van der Waals surface area contributed by atoms with Crippen molar-refractivity contribution in [3.05, 3.63) is 36.2 Å². The van der Waals surface area contributed by atoms with E-state index in [2.05, 4.69) is 9.97 Å². The molecule has 2 aromatic rings. The van der Waals surface area contributed by atoms with Crippen LogP contribution in [0, 0.1) is 0 Å². The zero-order valence-electron chi connectivity index (χ0n) is 15.1. The number of carbonyl (C=O) groups is 2. The molecule has 25 heavy (non-hydrogen) atoms. The third-order valence-corrected chi connectivity index (χ3v) is 4.47. The molecule has 0 N–H and O–H groups in total. The molecule has 0 saturated carbocycles. The van der Waals surface area contributed by atoms with Crippen LogP contribution in [0.15, 0.2) is 30.5 Å². The van der Waals surface area contributed by atoms with Crippen molar-refractivity contribution in [2.75, 3.05) is 33.7 Å². The molecule has 1 aliphatic rings. The number of piperazine rings is 1. The van der Waals surface area contributed by atoms with Gasteiger partial charge in [-0.05, 0) is 26.0 Å². The molecule has 0 unspecified atom stereocenters. The Morgan fingerprint density at radius 3 is 2.44 bits per heavy atom. The van der Waals surface area contributed by atoms with E-state index in [1.54, 1.807) is 28.8 Å². The lowest BCUT2D eigenvalue weighted by Crippen LogP contribution is -2.63. The fourth-order valence-electron chi connectivity index (χ4n) is 3.18.